The van der Waals surface area contributed by atoms with Gasteiger partial charge in [0.05, 0.1) is 19.9 Å². The molecule has 0 saturated heterocycles. The Labute approximate surface area is 114 Å². The van der Waals surface area contributed by atoms with Crippen LogP contribution in [-0.4, -0.2) is 35.6 Å². The summed E-state index contributed by atoms with van der Waals surface area (Å²) < 4.78 is 9.46. The zero-order chi connectivity index (χ0) is 12.7. The van der Waals surface area contributed by atoms with E-state index in [1.54, 1.807) is 13.2 Å². The monoisotopic (exact) mass is 350 g/mol. The lowest BCUT2D eigenvalue weighted by Crippen LogP contribution is -2.29. The van der Waals surface area contributed by atoms with Crippen molar-refractivity contribution in [3.63, 3.8) is 0 Å². The van der Waals surface area contributed by atoms with Gasteiger partial charge in [-0.05, 0) is 6.07 Å². The molecular weight excluding hydrogens is 335 g/mol. The van der Waals surface area contributed by atoms with E-state index in [0.717, 1.165) is 5.69 Å². The standard InChI is InChI=1S/C11H15IN2O3/c1-16-10-5-3-4-8(14-10)6-13-7-9(12)11(15)17-2/h3-5,9,13H,6-7H2,1-2H3. The number of esters is 1. The molecule has 1 rings (SSSR count). The fourth-order valence-corrected chi connectivity index (χ4v) is 1.77. The van der Waals surface area contributed by atoms with Crippen LogP contribution < -0.4 is 10.1 Å². The van der Waals surface area contributed by atoms with E-state index in [9.17, 15) is 4.79 Å². The molecule has 1 unspecified atom stereocenters. The summed E-state index contributed by atoms with van der Waals surface area (Å²) in [6, 6.07) is 5.57. The Morgan fingerprint density at radius 3 is 2.94 bits per heavy atom. The maximum absolute atomic E-state index is 11.1. The maximum atomic E-state index is 11.1. The maximum Gasteiger partial charge on any atom is 0.319 e. The topological polar surface area (TPSA) is 60.5 Å². The summed E-state index contributed by atoms with van der Waals surface area (Å²) in [6.07, 6.45) is 0. The van der Waals surface area contributed by atoms with Gasteiger partial charge in [-0.25, -0.2) is 4.98 Å². The minimum absolute atomic E-state index is 0.191. The van der Waals surface area contributed by atoms with Gasteiger partial charge in [0.1, 0.15) is 3.92 Å². The van der Waals surface area contributed by atoms with Crippen molar-refractivity contribution in [2.45, 2.75) is 10.5 Å². The fourth-order valence-electron chi connectivity index (χ4n) is 1.21. The van der Waals surface area contributed by atoms with E-state index in [4.69, 9.17) is 4.74 Å². The largest absolute Gasteiger partial charge is 0.481 e. The smallest absolute Gasteiger partial charge is 0.319 e. The van der Waals surface area contributed by atoms with E-state index in [2.05, 4.69) is 15.0 Å². The molecule has 1 aromatic heterocycles. The SMILES string of the molecule is COC(=O)C(I)CNCc1cccc(OC)n1. The van der Waals surface area contributed by atoms with Crippen molar-refractivity contribution in [3.8, 4) is 5.88 Å². The average molecular weight is 350 g/mol. The number of hydrogen-bond acceptors (Lipinski definition) is 5. The van der Waals surface area contributed by atoms with Gasteiger partial charge >= 0.3 is 5.97 Å². The molecule has 0 spiro atoms. The number of alkyl halides is 1. The van der Waals surface area contributed by atoms with Crippen molar-refractivity contribution < 1.29 is 14.3 Å². The van der Waals surface area contributed by atoms with E-state index in [1.807, 2.05) is 34.7 Å². The number of pyridine rings is 1. The van der Waals surface area contributed by atoms with Crippen LogP contribution in [-0.2, 0) is 16.1 Å². The number of nitrogens with zero attached hydrogens (tertiary/aromatic N) is 1. The lowest BCUT2D eigenvalue weighted by atomic mass is 10.3. The van der Waals surface area contributed by atoms with Crippen LogP contribution in [0, 0.1) is 0 Å². The number of carbonyl (C=O) groups excluding carboxylic acids is 1. The van der Waals surface area contributed by atoms with Crippen LogP contribution >= 0.6 is 22.6 Å². The van der Waals surface area contributed by atoms with Crippen LogP contribution in [0.3, 0.4) is 0 Å². The van der Waals surface area contributed by atoms with E-state index < -0.39 is 0 Å². The molecule has 5 nitrogen and oxygen atoms in total. The van der Waals surface area contributed by atoms with Crippen LogP contribution in [0.1, 0.15) is 5.69 Å². The van der Waals surface area contributed by atoms with Gasteiger partial charge in [-0.15, -0.1) is 0 Å². The fraction of sp³-hybridized carbons (Fsp3) is 0.455. The van der Waals surface area contributed by atoms with E-state index in [0.29, 0.717) is 19.0 Å². The van der Waals surface area contributed by atoms with Crippen molar-refractivity contribution in [2.24, 2.45) is 0 Å². The number of carbonyl (C=O) groups is 1. The molecule has 0 saturated carbocycles. The second-order valence-corrected chi connectivity index (χ2v) is 4.80. The first-order valence-corrected chi connectivity index (χ1v) is 6.34. The van der Waals surface area contributed by atoms with Gasteiger partial charge in [0, 0.05) is 19.2 Å². The molecule has 0 fully saturated rings. The van der Waals surface area contributed by atoms with Gasteiger partial charge in [-0.3, -0.25) is 4.79 Å². The highest BCUT2D eigenvalue weighted by Gasteiger charge is 2.13. The van der Waals surface area contributed by atoms with Crippen LogP contribution in [0.5, 0.6) is 5.88 Å². The number of aromatic nitrogens is 1. The third-order valence-corrected chi connectivity index (χ3v) is 3.03. The van der Waals surface area contributed by atoms with Crippen molar-refractivity contribution >= 4 is 28.6 Å². The predicted octanol–water partition coefficient (Wildman–Crippen LogP) is 1.16. The molecule has 0 aliphatic rings. The first-order valence-electron chi connectivity index (χ1n) is 5.10. The Bertz CT molecular complexity index is 373. The number of methoxy groups -OCH3 is 2. The van der Waals surface area contributed by atoms with Crippen LogP contribution in [0.2, 0.25) is 0 Å². The molecule has 0 amide bonds. The van der Waals surface area contributed by atoms with Crippen molar-refractivity contribution in [1.29, 1.82) is 0 Å². The highest BCUT2D eigenvalue weighted by atomic mass is 127. The molecule has 1 N–H and O–H groups in total. The third kappa shape index (κ3) is 4.86. The lowest BCUT2D eigenvalue weighted by Gasteiger charge is -2.09. The summed E-state index contributed by atoms with van der Waals surface area (Å²) in [5.74, 6) is 0.361. The first kappa shape index (κ1) is 14.2. The molecule has 0 bridgehead atoms. The zero-order valence-corrected chi connectivity index (χ0v) is 11.9. The minimum atomic E-state index is -0.225. The Morgan fingerprint density at radius 2 is 2.29 bits per heavy atom. The molecule has 6 heteroatoms. The van der Waals surface area contributed by atoms with Crippen molar-refractivity contribution in [1.82, 2.24) is 10.3 Å². The second-order valence-electron chi connectivity index (χ2n) is 3.29. The van der Waals surface area contributed by atoms with Crippen molar-refractivity contribution in [2.75, 3.05) is 20.8 Å². The number of rotatable bonds is 6. The number of hydrogen-bond donors (Lipinski definition) is 1. The quantitative estimate of drug-likeness (QED) is 0.474. The normalized spacial score (nSPS) is 11.9. The summed E-state index contributed by atoms with van der Waals surface area (Å²) in [6.45, 7) is 1.14. The summed E-state index contributed by atoms with van der Waals surface area (Å²) in [7, 11) is 2.97. The molecular formula is C11H15IN2O3. The molecule has 0 aromatic carbocycles. The summed E-state index contributed by atoms with van der Waals surface area (Å²) in [5.41, 5.74) is 0.873. The van der Waals surface area contributed by atoms with Crippen LogP contribution in [0.4, 0.5) is 0 Å². The van der Waals surface area contributed by atoms with E-state index in [1.165, 1.54) is 7.11 Å². The Kier molecular flexibility index (Phi) is 6.20. The number of ether oxygens (including phenoxy) is 2. The highest BCUT2D eigenvalue weighted by molar-refractivity contribution is 14.1. The zero-order valence-electron chi connectivity index (χ0n) is 9.77. The highest BCUT2D eigenvalue weighted by Crippen LogP contribution is 2.06. The molecule has 0 radical (unpaired) electrons. The molecule has 17 heavy (non-hydrogen) atoms. The number of halogens is 1. The average Bonchev–Trinajstić information content (AvgIpc) is 2.37. The Morgan fingerprint density at radius 1 is 1.53 bits per heavy atom. The van der Waals surface area contributed by atoms with E-state index in [-0.39, 0.29) is 9.89 Å². The van der Waals surface area contributed by atoms with E-state index >= 15 is 0 Å². The van der Waals surface area contributed by atoms with Crippen molar-refractivity contribution in [3.05, 3.63) is 23.9 Å². The first-order chi connectivity index (χ1) is 8.17. The summed E-state index contributed by atoms with van der Waals surface area (Å²) >= 11 is 2.04. The second kappa shape index (κ2) is 7.44. The molecule has 94 valence electrons. The minimum Gasteiger partial charge on any atom is -0.481 e. The molecule has 0 aliphatic carbocycles. The summed E-state index contributed by atoms with van der Waals surface area (Å²) in [5, 5.41) is 3.14. The summed E-state index contributed by atoms with van der Waals surface area (Å²) in [4.78, 5) is 15.4. The molecule has 1 aromatic rings. The predicted molar refractivity (Wildman–Crippen MR) is 72.3 cm³/mol. The molecule has 1 atom stereocenters. The van der Waals surface area contributed by atoms with Gasteiger partial charge in [-0.2, -0.15) is 0 Å². The third-order valence-electron chi connectivity index (χ3n) is 2.08. The van der Waals surface area contributed by atoms with Gasteiger partial charge in [0.15, 0.2) is 0 Å². The van der Waals surface area contributed by atoms with Gasteiger partial charge < -0.3 is 14.8 Å². The van der Waals surface area contributed by atoms with Gasteiger partial charge in [0.2, 0.25) is 5.88 Å². The Balaban J connectivity index is 2.37. The van der Waals surface area contributed by atoms with Crippen LogP contribution in [0.15, 0.2) is 18.2 Å². The van der Waals surface area contributed by atoms with Gasteiger partial charge in [-0.1, -0.05) is 28.7 Å². The number of nitrogens with one attached hydrogen (secondary N) is 1. The van der Waals surface area contributed by atoms with Gasteiger partial charge in [0.25, 0.3) is 0 Å². The Hall–Kier alpha value is -0.890. The molecule has 0 aliphatic heterocycles. The lowest BCUT2D eigenvalue weighted by molar-refractivity contribution is -0.139. The van der Waals surface area contributed by atoms with Crippen LogP contribution in [0.25, 0.3) is 0 Å². The molecule has 1 heterocycles.